The number of hydrogen-bond donors (Lipinski definition) is 2. The molecule has 0 saturated carbocycles. The van der Waals surface area contributed by atoms with Crippen molar-refractivity contribution < 1.29 is 29.2 Å². The molecule has 28 heavy (non-hydrogen) atoms. The van der Waals surface area contributed by atoms with Gasteiger partial charge in [0.15, 0.2) is 0 Å². The molecule has 2 unspecified atom stereocenters. The molecule has 2 fully saturated rings. The Hall–Kier alpha value is -1.22. The summed E-state index contributed by atoms with van der Waals surface area (Å²) >= 11 is 13.2. The van der Waals surface area contributed by atoms with Crippen LogP contribution in [-0.4, -0.2) is 47.8 Å². The average Bonchev–Trinajstić information content (AvgIpc) is 2.94. The van der Waals surface area contributed by atoms with Gasteiger partial charge in [-0.05, 0) is 0 Å². The van der Waals surface area contributed by atoms with E-state index in [-0.39, 0.29) is 13.2 Å². The molecule has 2 aliphatic heterocycles. The van der Waals surface area contributed by atoms with E-state index < -0.39 is 34.9 Å². The molecule has 0 amide bonds. The number of ether oxygens (including phenoxy) is 4. The zero-order chi connectivity index (χ0) is 19.8. The molecule has 8 heteroatoms. The molecule has 6 nitrogen and oxygen atoms in total. The molecule has 150 valence electrons. The van der Waals surface area contributed by atoms with E-state index >= 15 is 0 Å². The summed E-state index contributed by atoms with van der Waals surface area (Å²) in [5.41, 5.74) is 1.06. The molecule has 0 radical (unpaired) electrons. The van der Waals surface area contributed by atoms with Crippen LogP contribution in [0.15, 0.2) is 60.7 Å². The third-order valence-corrected chi connectivity index (χ3v) is 5.61. The lowest BCUT2D eigenvalue weighted by Gasteiger charge is -2.33. The van der Waals surface area contributed by atoms with E-state index in [0.29, 0.717) is 11.1 Å². The number of aliphatic hydroxyl groups excluding tert-OH is 2. The van der Waals surface area contributed by atoms with Crippen molar-refractivity contribution >= 4 is 23.2 Å². The Labute approximate surface area is 172 Å². The highest BCUT2D eigenvalue weighted by Gasteiger charge is 2.52. The van der Waals surface area contributed by atoms with Crippen LogP contribution in [0.25, 0.3) is 0 Å². The van der Waals surface area contributed by atoms with Crippen molar-refractivity contribution in [3.05, 3.63) is 71.8 Å². The van der Waals surface area contributed by atoms with Gasteiger partial charge in [-0.3, -0.25) is 0 Å². The van der Waals surface area contributed by atoms with Crippen LogP contribution in [0.1, 0.15) is 11.1 Å². The molecular formula is C20H20Cl2O6. The fraction of sp³-hybridized carbons (Fsp3) is 0.400. The summed E-state index contributed by atoms with van der Waals surface area (Å²) < 4.78 is 23.2. The minimum Gasteiger partial charge on any atom is -0.388 e. The van der Waals surface area contributed by atoms with Crippen LogP contribution in [0.2, 0.25) is 0 Å². The summed E-state index contributed by atoms with van der Waals surface area (Å²) in [6.45, 7) is -0.373. The molecule has 4 rings (SSSR count). The van der Waals surface area contributed by atoms with E-state index in [0.717, 1.165) is 0 Å². The van der Waals surface area contributed by atoms with Gasteiger partial charge in [-0.2, -0.15) is 0 Å². The van der Waals surface area contributed by atoms with Gasteiger partial charge in [0.05, 0.1) is 13.2 Å². The van der Waals surface area contributed by atoms with E-state index in [1.54, 1.807) is 48.5 Å². The minimum atomic E-state index is -1.70. The maximum Gasteiger partial charge on any atom is 0.276 e. The lowest BCUT2D eigenvalue weighted by Crippen LogP contribution is -2.48. The van der Waals surface area contributed by atoms with Crippen LogP contribution in [0.5, 0.6) is 0 Å². The Kier molecular flexibility index (Phi) is 5.66. The number of halogens is 2. The smallest absolute Gasteiger partial charge is 0.276 e. The first kappa shape index (κ1) is 20.1. The van der Waals surface area contributed by atoms with Crippen molar-refractivity contribution in [2.45, 2.75) is 34.9 Å². The Morgan fingerprint density at radius 2 is 1.04 bits per heavy atom. The first-order valence-electron chi connectivity index (χ1n) is 8.90. The average molecular weight is 427 g/mol. The molecule has 2 aliphatic rings. The zero-order valence-corrected chi connectivity index (χ0v) is 16.3. The fourth-order valence-electron chi connectivity index (χ4n) is 3.30. The maximum absolute atomic E-state index is 10.7. The predicted octanol–water partition coefficient (Wildman–Crippen LogP) is 2.64. The summed E-state index contributed by atoms with van der Waals surface area (Å²) in [5, 5.41) is 18.0. The molecule has 0 spiro atoms. The van der Waals surface area contributed by atoms with Crippen molar-refractivity contribution in [2.75, 3.05) is 13.2 Å². The van der Waals surface area contributed by atoms with Crippen LogP contribution in [-0.2, 0) is 29.4 Å². The van der Waals surface area contributed by atoms with Crippen LogP contribution in [0.4, 0.5) is 0 Å². The standard InChI is InChI=1S/C20H20Cl2O6/c21-19(13-7-3-1-4-8-13)25-11-15(23)18-17(27-19)16(24)12-26-20(22,28-18)14-9-5-2-6-10-14/h1-10,15-18,23-24H,11-12H2/t15-,16+,17-,18-,19?,20?/m1/s1. The van der Waals surface area contributed by atoms with Crippen molar-refractivity contribution in [3.8, 4) is 0 Å². The third-order valence-electron chi connectivity index (χ3n) is 4.77. The lowest BCUT2D eigenvalue weighted by molar-refractivity contribution is -0.236. The number of hydrogen-bond acceptors (Lipinski definition) is 6. The van der Waals surface area contributed by atoms with E-state index in [4.69, 9.17) is 42.1 Å². The van der Waals surface area contributed by atoms with Gasteiger partial charge in [-0.25, -0.2) is 0 Å². The van der Waals surface area contributed by atoms with Crippen molar-refractivity contribution in [2.24, 2.45) is 0 Å². The summed E-state index contributed by atoms with van der Waals surface area (Å²) in [4.78, 5) is 0. The van der Waals surface area contributed by atoms with E-state index in [9.17, 15) is 10.2 Å². The minimum absolute atomic E-state index is 0.186. The van der Waals surface area contributed by atoms with E-state index in [2.05, 4.69) is 0 Å². The molecule has 2 aromatic rings. The second kappa shape index (κ2) is 7.89. The highest BCUT2D eigenvalue weighted by molar-refractivity contribution is 6.22. The van der Waals surface area contributed by atoms with Crippen molar-refractivity contribution in [1.82, 2.24) is 0 Å². The van der Waals surface area contributed by atoms with Crippen LogP contribution in [0, 0.1) is 0 Å². The summed E-state index contributed by atoms with van der Waals surface area (Å²) in [7, 11) is 0. The Bertz CT molecular complexity index is 726. The quantitative estimate of drug-likeness (QED) is 0.718. The first-order valence-corrected chi connectivity index (χ1v) is 9.65. The molecule has 2 aromatic carbocycles. The van der Waals surface area contributed by atoms with Gasteiger partial charge in [0.25, 0.3) is 10.5 Å². The second-order valence-corrected chi connectivity index (χ2v) is 7.72. The van der Waals surface area contributed by atoms with Crippen molar-refractivity contribution in [1.29, 1.82) is 0 Å². The highest BCUT2D eigenvalue weighted by Crippen LogP contribution is 2.43. The molecular weight excluding hydrogens is 407 g/mol. The van der Waals surface area contributed by atoms with Gasteiger partial charge in [-0.1, -0.05) is 83.9 Å². The SMILES string of the molecule is O[C@@H]1COC(Cl)(c2ccccc2)O[C@H]2[C@@H]1OC(Cl)(c1ccccc1)OC[C@@H]2O. The predicted molar refractivity (Wildman–Crippen MR) is 102 cm³/mol. The van der Waals surface area contributed by atoms with Crippen LogP contribution >= 0.6 is 23.2 Å². The van der Waals surface area contributed by atoms with Crippen LogP contribution in [0.3, 0.4) is 0 Å². The van der Waals surface area contributed by atoms with Gasteiger partial charge in [0.2, 0.25) is 0 Å². The molecule has 0 aromatic heterocycles. The fourth-order valence-corrected chi connectivity index (χ4v) is 3.88. The van der Waals surface area contributed by atoms with Gasteiger partial charge in [-0.15, -0.1) is 0 Å². The van der Waals surface area contributed by atoms with Gasteiger partial charge in [0, 0.05) is 11.1 Å². The highest BCUT2D eigenvalue weighted by atomic mass is 35.5. The van der Waals surface area contributed by atoms with Crippen molar-refractivity contribution in [3.63, 3.8) is 0 Å². The molecule has 2 N–H and O–H groups in total. The molecule has 0 aliphatic carbocycles. The van der Waals surface area contributed by atoms with Gasteiger partial charge in [0.1, 0.15) is 24.4 Å². The molecule has 2 heterocycles. The number of aliphatic hydroxyl groups is 2. The second-order valence-electron chi connectivity index (χ2n) is 6.73. The van der Waals surface area contributed by atoms with Gasteiger partial charge < -0.3 is 29.2 Å². The Morgan fingerprint density at radius 3 is 1.39 bits per heavy atom. The monoisotopic (exact) mass is 426 g/mol. The number of rotatable bonds is 2. The number of benzene rings is 2. The largest absolute Gasteiger partial charge is 0.388 e. The Balaban J connectivity index is 1.67. The first-order chi connectivity index (χ1) is 13.4. The molecule has 6 atom stereocenters. The van der Waals surface area contributed by atoms with E-state index in [1.165, 1.54) is 0 Å². The summed E-state index contributed by atoms with van der Waals surface area (Å²) in [6, 6.07) is 17.7. The summed E-state index contributed by atoms with van der Waals surface area (Å²) in [6.07, 6.45) is -4.40. The number of alkyl halides is 2. The topological polar surface area (TPSA) is 77.4 Å². The van der Waals surface area contributed by atoms with Crippen LogP contribution < -0.4 is 0 Å². The zero-order valence-electron chi connectivity index (χ0n) is 14.8. The Morgan fingerprint density at radius 1 is 0.679 bits per heavy atom. The van der Waals surface area contributed by atoms with Gasteiger partial charge >= 0.3 is 0 Å². The number of fused-ring (bicyclic) bond motifs is 1. The summed E-state index contributed by atoms with van der Waals surface area (Å²) in [5.74, 6) is 0. The molecule has 0 bridgehead atoms. The molecule has 2 saturated heterocycles. The van der Waals surface area contributed by atoms with E-state index in [1.807, 2.05) is 12.1 Å². The normalized spacial score (nSPS) is 38.9. The lowest BCUT2D eigenvalue weighted by atomic mass is 10.0. The third kappa shape index (κ3) is 3.79. The maximum atomic E-state index is 10.7.